The summed E-state index contributed by atoms with van der Waals surface area (Å²) >= 11 is 6.08. The Bertz CT molecular complexity index is 1030. The number of ether oxygens (including phenoxy) is 1. The van der Waals surface area contributed by atoms with Crippen molar-refractivity contribution in [2.75, 3.05) is 33.3 Å². The van der Waals surface area contributed by atoms with Crippen LogP contribution >= 0.6 is 11.6 Å². The van der Waals surface area contributed by atoms with Crippen molar-refractivity contribution < 1.29 is 9.53 Å². The van der Waals surface area contributed by atoms with E-state index in [1.54, 1.807) is 30.0 Å². The van der Waals surface area contributed by atoms with Gasteiger partial charge in [-0.1, -0.05) is 29.3 Å². The molecule has 0 N–H and O–H groups in total. The number of hydrogen-bond acceptors (Lipinski definition) is 6. The number of aromatic nitrogens is 4. The zero-order valence-corrected chi connectivity index (χ0v) is 17.7. The van der Waals surface area contributed by atoms with Gasteiger partial charge >= 0.3 is 0 Å². The maximum absolute atomic E-state index is 13.0. The Kier molecular flexibility index (Phi) is 5.96. The average molecular weight is 427 g/mol. The highest BCUT2D eigenvalue weighted by atomic mass is 35.5. The van der Waals surface area contributed by atoms with Crippen LogP contribution in [0, 0.1) is 6.92 Å². The minimum atomic E-state index is -0.0708. The maximum Gasteiger partial charge on any atom is 0.257 e. The summed E-state index contributed by atoms with van der Waals surface area (Å²) in [5.74, 6) is 1.23. The van der Waals surface area contributed by atoms with Gasteiger partial charge in [-0.3, -0.25) is 9.69 Å². The van der Waals surface area contributed by atoms with E-state index in [9.17, 15) is 4.79 Å². The lowest BCUT2D eigenvalue weighted by Crippen LogP contribution is -2.48. The van der Waals surface area contributed by atoms with E-state index in [1.165, 1.54) is 5.56 Å². The number of carbonyl (C=O) groups is 1. The number of aryl methyl sites for hydroxylation is 1. The summed E-state index contributed by atoms with van der Waals surface area (Å²) in [7, 11) is 1.55. The molecule has 0 radical (unpaired) electrons. The molecule has 4 rings (SSSR count). The predicted molar refractivity (Wildman–Crippen MR) is 113 cm³/mol. The van der Waals surface area contributed by atoms with Gasteiger partial charge in [0.15, 0.2) is 5.82 Å². The molecule has 0 atom stereocenters. The summed E-state index contributed by atoms with van der Waals surface area (Å²) in [4.78, 5) is 17.0. The Morgan fingerprint density at radius 3 is 2.53 bits per heavy atom. The number of hydrogen-bond donors (Lipinski definition) is 0. The Labute approximate surface area is 180 Å². The van der Waals surface area contributed by atoms with Gasteiger partial charge < -0.3 is 9.64 Å². The number of piperazine rings is 1. The minimum absolute atomic E-state index is 0.0708. The van der Waals surface area contributed by atoms with Crippen LogP contribution < -0.4 is 4.74 Å². The van der Waals surface area contributed by atoms with Crippen LogP contribution in [-0.2, 0) is 6.54 Å². The quantitative estimate of drug-likeness (QED) is 0.624. The first-order chi connectivity index (χ1) is 14.5. The van der Waals surface area contributed by atoms with Crippen LogP contribution in [0.15, 0.2) is 42.5 Å². The van der Waals surface area contributed by atoms with Crippen molar-refractivity contribution in [2.45, 2.75) is 13.5 Å². The topological polar surface area (TPSA) is 76.4 Å². The first kappa shape index (κ1) is 20.3. The average Bonchev–Trinajstić information content (AvgIpc) is 3.22. The van der Waals surface area contributed by atoms with Gasteiger partial charge in [0, 0.05) is 31.2 Å². The molecule has 30 heavy (non-hydrogen) atoms. The molecule has 1 aromatic heterocycles. The van der Waals surface area contributed by atoms with Crippen LogP contribution in [0.4, 0.5) is 0 Å². The third-order valence-corrected chi connectivity index (χ3v) is 5.46. The Morgan fingerprint density at radius 1 is 1.10 bits per heavy atom. The number of tetrazole rings is 1. The van der Waals surface area contributed by atoms with Gasteiger partial charge in [0.05, 0.1) is 24.9 Å². The van der Waals surface area contributed by atoms with Crippen LogP contribution in [0.3, 0.4) is 0 Å². The Hall–Kier alpha value is -2.97. The van der Waals surface area contributed by atoms with Crippen LogP contribution in [0.1, 0.15) is 21.7 Å². The molecule has 8 nitrogen and oxygen atoms in total. The van der Waals surface area contributed by atoms with Gasteiger partial charge in [-0.25, -0.2) is 0 Å². The van der Waals surface area contributed by atoms with E-state index in [0.29, 0.717) is 36.0 Å². The maximum atomic E-state index is 13.0. The highest BCUT2D eigenvalue weighted by Gasteiger charge is 2.25. The molecule has 0 aliphatic carbocycles. The standard InChI is InChI=1S/C21H23ClN6O2/c1-15-3-6-17(7-4-15)28-20(23-24-25-28)14-26-9-11-27(12-10-26)21(29)18-13-16(22)5-8-19(18)30-2/h3-8,13H,9-12,14H2,1-2H3. The highest BCUT2D eigenvalue weighted by molar-refractivity contribution is 6.31. The third-order valence-electron chi connectivity index (χ3n) is 5.23. The molecule has 1 fully saturated rings. The van der Waals surface area contributed by atoms with Crippen LogP contribution in [0.2, 0.25) is 5.02 Å². The van der Waals surface area contributed by atoms with E-state index in [2.05, 4.69) is 20.4 Å². The number of rotatable bonds is 5. The lowest BCUT2D eigenvalue weighted by atomic mass is 10.1. The Morgan fingerprint density at radius 2 is 1.83 bits per heavy atom. The molecule has 3 aromatic rings. The summed E-state index contributed by atoms with van der Waals surface area (Å²) in [5, 5.41) is 12.7. The summed E-state index contributed by atoms with van der Waals surface area (Å²) in [6.07, 6.45) is 0. The first-order valence-corrected chi connectivity index (χ1v) is 10.1. The SMILES string of the molecule is COc1ccc(Cl)cc1C(=O)N1CCN(Cc2nnnn2-c2ccc(C)cc2)CC1. The van der Waals surface area contributed by atoms with Crippen LogP contribution in [-0.4, -0.2) is 69.2 Å². The monoisotopic (exact) mass is 426 g/mol. The summed E-state index contributed by atoms with van der Waals surface area (Å²) in [6.45, 7) is 5.35. The molecule has 9 heteroatoms. The van der Waals surface area contributed by atoms with Gasteiger partial charge in [0.1, 0.15) is 5.75 Å². The van der Waals surface area contributed by atoms with Crippen molar-refractivity contribution >= 4 is 17.5 Å². The lowest BCUT2D eigenvalue weighted by Gasteiger charge is -2.34. The van der Waals surface area contributed by atoms with E-state index >= 15 is 0 Å². The molecule has 0 spiro atoms. The molecule has 1 aliphatic heterocycles. The molecule has 1 saturated heterocycles. The molecule has 0 unspecified atom stereocenters. The number of methoxy groups -OCH3 is 1. The van der Waals surface area contributed by atoms with Crippen molar-refractivity contribution in [3.8, 4) is 11.4 Å². The van der Waals surface area contributed by atoms with Gasteiger partial charge in [0.2, 0.25) is 0 Å². The van der Waals surface area contributed by atoms with Crippen molar-refractivity contribution in [1.82, 2.24) is 30.0 Å². The second-order valence-corrected chi connectivity index (χ2v) is 7.69. The van der Waals surface area contributed by atoms with Crippen molar-refractivity contribution in [3.63, 3.8) is 0 Å². The molecule has 2 heterocycles. The number of amides is 1. The number of nitrogens with zero attached hydrogens (tertiary/aromatic N) is 6. The smallest absolute Gasteiger partial charge is 0.257 e. The first-order valence-electron chi connectivity index (χ1n) is 9.74. The van der Waals surface area contributed by atoms with Crippen molar-refractivity contribution in [2.24, 2.45) is 0 Å². The highest BCUT2D eigenvalue weighted by Crippen LogP contribution is 2.24. The fraction of sp³-hybridized carbons (Fsp3) is 0.333. The minimum Gasteiger partial charge on any atom is -0.496 e. The van der Waals surface area contributed by atoms with Crippen LogP contribution in [0.25, 0.3) is 5.69 Å². The molecular formula is C21H23ClN6O2. The number of benzene rings is 2. The lowest BCUT2D eigenvalue weighted by molar-refractivity contribution is 0.0621. The van der Waals surface area contributed by atoms with E-state index in [0.717, 1.165) is 24.6 Å². The van der Waals surface area contributed by atoms with Gasteiger partial charge in [0.25, 0.3) is 5.91 Å². The van der Waals surface area contributed by atoms with Crippen molar-refractivity contribution in [3.05, 3.63) is 64.4 Å². The Balaban J connectivity index is 1.40. The normalized spacial score (nSPS) is 14.7. The van der Waals surface area contributed by atoms with Gasteiger partial charge in [-0.15, -0.1) is 5.10 Å². The van der Waals surface area contributed by atoms with Gasteiger partial charge in [-0.2, -0.15) is 4.68 Å². The second kappa shape index (κ2) is 8.81. The van der Waals surface area contributed by atoms with E-state index < -0.39 is 0 Å². The largest absolute Gasteiger partial charge is 0.496 e. The molecule has 1 aliphatic rings. The van der Waals surface area contributed by atoms with E-state index in [-0.39, 0.29) is 5.91 Å². The molecule has 0 saturated carbocycles. The summed E-state index contributed by atoms with van der Waals surface area (Å²) in [5.41, 5.74) is 2.61. The fourth-order valence-corrected chi connectivity index (χ4v) is 3.69. The summed E-state index contributed by atoms with van der Waals surface area (Å²) < 4.78 is 7.08. The second-order valence-electron chi connectivity index (χ2n) is 7.26. The van der Waals surface area contributed by atoms with Crippen LogP contribution in [0.5, 0.6) is 5.75 Å². The zero-order valence-electron chi connectivity index (χ0n) is 17.0. The fourth-order valence-electron chi connectivity index (χ4n) is 3.52. The third kappa shape index (κ3) is 4.29. The summed E-state index contributed by atoms with van der Waals surface area (Å²) in [6, 6.07) is 13.2. The molecule has 0 bridgehead atoms. The van der Waals surface area contributed by atoms with Gasteiger partial charge in [-0.05, 0) is 47.7 Å². The van der Waals surface area contributed by atoms with E-state index in [4.69, 9.17) is 16.3 Å². The molecule has 2 aromatic carbocycles. The molecular weight excluding hydrogens is 404 g/mol. The molecule has 1 amide bonds. The van der Waals surface area contributed by atoms with E-state index in [1.807, 2.05) is 36.1 Å². The zero-order chi connectivity index (χ0) is 21.1. The van der Waals surface area contributed by atoms with Crippen molar-refractivity contribution in [1.29, 1.82) is 0 Å². The predicted octanol–water partition coefficient (Wildman–Crippen LogP) is 2.59. The molecule has 156 valence electrons. The number of halogens is 1. The number of carbonyl (C=O) groups excluding carboxylic acids is 1.